The fourth-order valence-corrected chi connectivity index (χ4v) is 0.961. The van der Waals surface area contributed by atoms with Gasteiger partial charge in [0.15, 0.2) is 6.10 Å². The summed E-state index contributed by atoms with van der Waals surface area (Å²) < 4.78 is 9.34. The monoisotopic (exact) mass is 236 g/mol. The minimum Gasteiger partial charge on any atom is -0.459 e. The van der Waals surface area contributed by atoms with Crippen molar-refractivity contribution in [2.24, 2.45) is 0 Å². The number of para-hydroxylation sites is 1. The number of aliphatic hydroxyl groups is 1. The summed E-state index contributed by atoms with van der Waals surface area (Å²) in [5.74, 6) is -1.28. The van der Waals surface area contributed by atoms with E-state index < -0.39 is 24.6 Å². The number of carbonyl (C=O) groups is 2. The van der Waals surface area contributed by atoms with Gasteiger partial charge in [-0.1, -0.05) is 24.8 Å². The van der Waals surface area contributed by atoms with E-state index in [1.54, 1.807) is 30.3 Å². The molecule has 1 unspecified atom stereocenters. The third-order valence-electron chi connectivity index (χ3n) is 1.78. The Morgan fingerprint density at radius 3 is 2.59 bits per heavy atom. The smallest absolute Gasteiger partial charge is 0.343 e. The van der Waals surface area contributed by atoms with Crippen molar-refractivity contribution in [1.82, 2.24) is 0 Å². The van der Waals surface area contributed by atoms with Gasteiger partial charge in [-0.25, -0.2) is 9.59 Å². The number of aliphatic hydroxyl groups excluding tert-OH is 1. The largest absolute Gasteiger partial charge is 0.459 e. The Morgan fingerprint density at radius 2 is 2.00 bits per heavy atom. The Morgan fingerprint density at radius 1 is 1.35 bits per heavy atom. The summed E-state index contributed by atoms with van der Waals surface area (Å²) in [6, 6.07) is 8.28. The minimum absolute atomic E-state index is 0.312. The Bertz CT molecular complexity index is 399. The Kier molecular flexibility index (Phi) is 4.90. The van der Waals surface area contributed by atoms with E-state index in [2.05, 4.69) is 11.3 Å². The van der Waals surface area contributed by atoms with Gasteiger partial charge in [-0.15, -0.1) is 0 Å². The Balaban J connectivity index is 2.42. The molecule has 0 spiro atoms. The van der Waals surface area contributed by atoms with Gasteiger partial charge in [-0.2, -0.15) is 0 Å². The predicted molar refractivity (Wildman–Crippen MR) is 59.2 cm³/mol. The highest BCUT2D eigenvalue weighted by molar-refractivity contribution is 5.82. The van der Waals surface area contributed by atoms with E-state index >= 15 is 0 Å². The average molecular weight is 236 g/mol. The first kappa shape index (κ1) is 12.9. The molecular formula is C12H12O5. The Hall–Kier alpha value is -2.14. The van der Waals surface area contributed by atoms with Crippen molar-refractivity contribution >= 4 is 11.9 Å². The summed E-state index contributed by atoms with van der Waals surface area (Å²) in [5.41, 5.74) is 0. The van der Waals surface area contributed by atoms with Crippen LogP contribution in [-0.2, 0) is 14.3 Å². The summed E-state index contributed by atoms with van der Waals surface area (Å²) in [6.45, 7) is 2.72. The maximum atomic E-state index is 11.3. The van der Waals surface area contributed by atoms with Crippen LogP contribution in [-0.4, -0.2) is 29.8 Å². The van der Waals surface area contributed by atoms with Crippen molar-refractivity contribution < 1.29 is 24.2 Å². The first-order chi connectivity index (χ1) is 8.13. The number of ether oxygens (including phenoxy) is 2. The highest BCUT2D eigenvalue weighted by Gasteiger charge is 2.18. The van der Waals surface area contributed by atoms with Crippen molar-refractivity contribution in [2.45, 2.75) is 6.10 Å². The van der Waals surface area contributed by atoms with Gasteiger partial charge in [0.2, 0.25) is 0 Å². The second kappa shape index (κ2) is 6.44. The molecule has 0 aliphatic carbocycles. The van der Waals surface area contributed by atoms with Crippen molar-refractivity contribution in [2.75, 3.05) is 6.61 Å². The maximum Gasteiger partial charge on any atom is 0.343 e. The molecule has 1 rings (SSSR count). The van der Waals surface area contributed by atoms with E-state index in [4.69, 9.17) is 4.74 Å². The number of esters is 2. The first-order valence-electron chi connectivity index (χ1n) is 4.87. The summed E-state index contributed by atoms with van der Waals surface area (Å²) in [4.78, 5) is 22.0. The van der Waals surface area contributed by atoms with Gasteiger partial charge in [0.05, 0.1) is 0 Å². The minimum atomic E-state index is -1.51. The molecule has 0 radical (unpaired) electrons. The summed E-state index contributed by atoms with van der Waals surface area (Å²) >= 11 is 0. The SMILES string of the molecule is C=CC(=O)OCC(O)C(=O)Oc1ccccc1. The zero-order valence-corrected chi connectivity index (χ0v) is 9.04. The van der Waals surface area contributed by atoms with E-state index in [1.165, 1.54) is 0 Å². The third kappa shape index (κ3) is 4.48. The summed E-state index contributed by atoms with van der Waals surface area (Å²) in [6.07, 6.45) is -0.575. The molecule has 1 N–H and O–H groups in total. The quantitative estimate of drug-likeness (QED) is 0.462. The molecule has 0 amide bonds. The number of carbonyl (C=O) groups excluding carboxylic acids is 2. The van der Waals surface area contributed by atoms with Gasteiger partial charge >= 0.3 is 11.9 Å². The second-order valence-electron chi connectivity index (χ2n) is 3.08. The normalized spacial score (nSPS) is 11.4. The lowest BCUT2D eigenvalue weighted by Crippen LogP contribution is -2.31. The van der Waals surface area contributed by atoms with Crippen molar-refractivity contribution in [3.63, 3.8) is 0 Å². The molecule has 5 nitrogen and oxygen atoms in total. The van der Waals surface area contributed by atoms with E-state index in [0.29, 0.717) is 5.75 Å². The molecule has 0 aliphatic heterocycles. The molecule has 0 aliphatic rings. The molecule has 1 aromatic carbocycles. The lowest BCUT2D eigenvalue weighted by Gasteiger charge is -2.09. The maximum absolute atomic E-state index is 11.3. The fraction of sp³-hybridized carbons (Fsp3) is 0.167. The van der Waals surface area contributed by atoms with Crippen molar-refractivity contribution in [3.05, 3.63) is 43.0 Å². The van der Waals surface area contributed by atoms with Gasteiger partial charge in [-0.05, 0) is 12.1 Å². The number of rotatable bonds is 5. The molecule has 0 heterocycles. The van der Waals surface area contributed by atoms with Crippen LogP contribution in [0.3, 0.4) is 0 Å². The first-order valence-corrected chi connectivity index (χ1v) is 4.87. The summed E-state index contributed by atoms with van der Waals surface area (Å²) in [7, 11) is 0. The highest BCUT2D eigenvalue weighted by Crippen LogP contribution is 2.09. The number of benzene rings is 1. The van der Waals surface area contributed by atoms with Crippen molar-refractivity contribution in [3.8, 4) is 5.75 Å². The molecule has 5 heteroatoms. The lowest BCUT2D eigenvalue weighted by molar-refractivity contribution is -0.151. The molecular weight excluding hydrogens is 224 g/mol. The summed E-state index contributed by atoms with van der Waals surface area (Å²) in [5, 5.41) is 9.34. The van der Waals surface area contributed by atoms with Crippen LogP contribution in [0.25, 0.3) is 0 Å². The van der Waals surface area contributed by atoms with Gasteiger partial charge in [0, 0.05) is 6.08 Å². The predicted octanol–water partition coefficient (Wildman–Crippen LogP) is 0.682. The molecule has 0 aromatic heterocycles. The Labute approximate surface area is 98.3 Å². The van der Waals surface area contributed by atoms with Crippen LogP contribution < -0.4 is 4.74 Å². The average Bonchev–Trinajstić information content (AvgIpc) is 2.36. The van der Waals surface area contributed by atoms with E-state index in [1.807, 2.05) is 0 Å². The van der Waals surface area contributed by atoms with Crippen LogP contribution in [0.5, 0.6) is 5.75 Å². The number of hydrogen-bond acceptors (Lipinski definition) is 5. The van der Waals surface area contributed by atoms with Gasteiger partial charge in [-0.3, -0.25) is 0 Å². The zero-order valence-electron chi connectivity index (χ0n) is 9.04. The van der Waals surface area contributed by atoms with Crippen LogP contribution in [0.15, 0.2) is 43.0 Å². The topological polar surface area (TPSA) is 72.8 Å². The van der Waals surface area contributed by atoms with Crippen molar-refractivity contribution in [1.29, 1.82) is 0 Å². The van der Waals surface area contributed by atoms with Crippen LogP contribution in [0.2, 0.25) is 0 Å². The molecule has 90 valence electrons. The van der Waals surface area contributed by atoms with Gasteiger partial charge in [0.25, 0.3) is 0 Å². The molecule has 0 saturated heterocycles. The highest BCUT2D eigenvalue weighted by atomic mass is 16.6. The third-order valence-corrected chi connectivity index (χ3v) is 1.78. The van der Waals surface area contributed by atoms with Gasteiger partial charge < -0.3 is 14.6 Å². The molecule has 1 atom stereocenters. The lowest BCUT2D eigenvalue weighted by atomic mass is 10.3. The van der Waals surface area contributed by atoms with Crippen LogP contribution in [0.4, 0.5) is 0 Å². The van der Waals surface area contributed by atoms with E-state index in [0.717, 1.165) is 6.08 Å². The fourth-order valence-electron chi connectivity index (χ4n) is 0.961. The van der Waals surface area contributed by atoms with E-state index in [-0.39, 0.29) is 0 Å². The molecule has 0 saturated carbocycles. The zero-order chi connectivity index (χ0) is 12.7. The van der Waals surface area contributed by atoms with E-state index in [9.17, 15) is 14.7 Å². The second-order valence-corrected chi connectivity index (χ2v) is 3.08. The molecule has 0 bridgehead atoms. The molecule has 1 aromatic rings. The molecule has 0 fully saturated rings. The molecule has 17 heavy (non-hydrogen) atoms. The van der Waals surface area contributed by atoms with Gasteiger partial charge in [0.1, 0.15) is 12.4 Å². The van der Waals surface area contributed by atoms with Crippen LogP contribution in [0.1, 0.15) is 0 Å². The number of hydrogen-bond donors (Lipinski definition) is 1. The van der Waals surface area contributed by atoms with Crippen LogP contribution >= 0.6 is 0 Å². The van der Waals surface area contributed by atoms with Crippen LogP contribution in [0, 0.1) is 0 Å². The standard InChI is InChI=1S/C12H12O5/c1-2-11(14)16-8-10(13)12(15)17-9-6-4-3-5-7-9/h2-7,10,13H,1,8H2.